The van der Waals surface area contributed by atoms with Gasteiger partial charge in [-0.1, -0.05) is 18.2 Å². The summed E-state index contributed by atoms with van der Waals surface area (Å²) in [6.45, 7) is 3.36. The van der Waals surface area contributed by atoms with E-state index < -0.39 is 0 Å². The predicted octanol–water partition coefficient (Wildman–Crippen LogP) is 3.67. The first kappa shape index (κ1) is 20.2. The molecule has 1 N–H and O–H groups in total. The van der Waals surface area contributed by atoms with Gasteiger partial charge in [0.2, 0.25) is 0 Å². The number of hydrogen-bond donors (Lipinski definition) is 1. The molecule has 0 radical (unpaired) electrons. The number of carbonyl (C=O) groups is 1. The molecule has 2 aromatic carbocycles. The summed E-state index contributed by atoms with van der Waals surface area (Å²) in [7, 11) is 1.59. The molecule has 1 saturated heterocycles. The first-order valence-electron chi connectivity index (χ1n) is 10.2. The number of carbonyl (C=O) groups excluding carboxylic acids is 1. The van der Waals surface area contributed by atoms with Crippen LogP contribution in [0.4, 0.5) is 0 Å². The van der Waals surface area contributed by atoms with Crippen LogP contribution in [0.3, 0.4) is 0 Å². The molecule has 1 aliphatic heterocycles. The highest BCUT2D eigenvalue weighted by Crippen LogP contribution is 2.20. The molecule has 6 heteroatoms. The van der Waals surface area contributed by atoms with Gasteiger partial charge < -0.3 is 19.4 Å². The van der Waals surface area contributed by atoms with Crippen molar-refractivity contribution in [2.45, 2.75) is 32.4 Å². The lowest BCUT2D eigenvalue weighted by molar-refractivity contribution is 0.0506. The summed E-state index contributed by atoms with van der Waals surface area (Å²) >= 11 is 0. The van der Waals surface area contributed by atoms with Gasteiger partial charge >= 0.3 is 0 Å². The van der Waals surface area contributed by atoms with E-state index in [4.69, 9.17) is 9.47 Å². The third-order valence-electron chi connectivity index (χ3n) is 5.60. The van der Waals surface area contributed by atoms with Crippen molar-refractivity contribution in [1.82, 2.24) is 9.88 Å². The molecule has 1 aromatic heterocycles. The summed E-state index contributed by atoms with van der Waals surface area (Å²) in [5, 5.41) is 0.957. The van der Waals surface area contributed by atoms with Gasteiger partial charge in [-0.25, -0.2) is 0 Å². The average Bonchev–Trinajstić information content (AvgIpc) is 3.27. The normalized spacial score (nSPS) is 16.0. The molecule has 6 nitrogen and oxygen atoms in total. The number of pyridine rings is 1. The largest absolute Gasteiger partial charge is 0.497 e. The van der Waals surface area contributed by atoms with Crippen LogP contribution in [0.2, 0.25) is 0 Å². The van der Waals surface area contributed by atoms with Crippen LogP contribution in [0.1, 0.15) is 34.3 Å². The first-order chi connectivity index (χ1) is 14.5. The Bertz CT molecular complexity index is 1100. The van der Waals surface area contributed by atoms with E-state index in [0.29, 0.717) is 30.0 Å². The van der Waals surface area contributed by atoms with Gasteiger partial charge in [0.25, 0.3) is 11.5 Å². The molecule has 0 spiro atoms. The lowest BCUT2D eigenvalue weighted by Crippen LogP contribution is -2.38. The average molecular weight is 406 g/mol. The molecule has 0 bridgehead atoms. The number of methoxy groups -OCH3 is 1. The minimum atomic E-state index is -0.170. The van der Waals surface area contributed by atoms with E-state index in [1.54, 1.807) is 36.3 Å². The monoisotopic (exact) mass is 406 g/mol. The molecule has 1 atom stereocenters. The number of aromatic amines is 1. The van der Waals surface area contributed by atoms with E-state index >= 15 is 0 Å². The third-order valence-corrected chi connectivity index (χ3v) is 5.60. The molecule has 1 fully saturated rings. The number of fused-ring (bicyclic) bond motifs is 1. The van der Waals surface area contributed by atoms with Crippen LogP contribution in [-0.2, 0) is 11.3 Å². The van der Waals surface area contributed by atoms with Crippen LogP contribution in [-0.4, -0.2) is 42.2 Å². The van der Waals surface area contributed by atoms with Crippen molar-refractivity contribution in [2.75, 3.05) is 20.3 Å². The number of H-pyrrole nitrogens is 1. The van der Waals surface area contributed by atoms with Gasteiger partial charge in [0.15, 0.2) is 0 Å². The Kier molecular flexibility index (Phi) is 5.86. The van der Waals surface area contributed by atoms with Gasteiger partial charge in [0.05, 0.1) is 25.3 Å². The fourth-order valence-corrected chi connectivity index (χ4v) is 3.92. The van der Waals surface area contributed by atoms with Gasteiger partial charge in [-0.3, -0.25) is 9.59 Å². The van der Waals surface area contributed by atoms with Crippen LogP contribution < -0.4 is 10.3 Å². The molecule has 0 saturated carbocycles. The number of rotatable bonds is 6. The molecular weight excluding hydrogens is 380 g/mol. The summed E-state index contributed by atoms with van der Waals surface area (Å²) < 4.78 is 10.9. The van der Waals surface area contributed by atoms with Gasteiger partial charge in [-0.15, -0.1) is 0 Å². The molecular formula is C24H26N2O4. The van der Waals surface area contributed by atoms with Crippen molar-refractivity contribution in [3.63, 3.8) is 0 Å². The Balaban J connectivity index is 1.65. The summed E-state index contributed by atoms with van der Waals surface area (Å²) in [5.74, 6) is 0.565. The van der Waals surface area contributed by atoms with Crippen molar-refractivity contribution >= 4 is 16.8 Å². The maximum atomic E-state index is 13.3. The van der Waals surface area contributed by atoms with E-state index in [2.05, 4.69) is 4.98 Å². The second kappa shape index (κ2) is 8.71. The molecule has 0 unspecified atom stereocenters. The minimum absolute atomic E-state index is 0.00557. The highest BCUT2D eigenvalue weighted by atomic mass is 16.5. The van der Waals surface area contributed by atoms with Gasteiger partial charge in [0, 0.05) is 24.3 Å². The fourth-order valence-electron chi connectivity index (χ4n) is 3.92. The number of nitrogens with zero attached hydrogens (tertiary/aromatic N) is 1. The van der Waals surface area contributed by atoms with Crippen molar-refractivity contribution < 1.29 is 14.3 Å². The lowest BCUT2D eigenvalue weighted by atomic mass is 10.1. The van der Waals surface area contributed by atoms with E-state index in [9.17, 15) is 9.59 Å². The molecule has 2 heterocycles. The molecule has 1 amide bonds. The van der Waals surface area contributed by atoms with E-state index in [-0.39, 0.29) is 24.1 Å². The summed E-state index contributed by atoms with van der Waals surface area (Å²) in [6.07, 6.45) is 1.90. The Morgan fingerprint density at radius 2 is 2.03 bits per heavy atom. The summed E-state index contributed by atoms with van der Waals surface area (Å²) in [5.41, 5.74) is 2.80. The van der Waals surface area contributed by atoms with Crippen LogP contribution in [0.25, 0.3) is 10.9 Å². The zero-order valence-electron chi connectivity index (χ0n) is 17.3. The third kappa shape index (κ3) is 4.24. The SMILES string of the molecule is COc1ccc(C(=O)N(Cc2cc3cccc(C)c3[nH]c2=O)C[C@H]2CCCO2)cc1. The summed E-state index contributed by atoms with van der Waals surface area (Å²) in [4.78, 5) is 30.7. The molecule has 1 aliphatic rings. The minimum Gasteiger partial charge on any atom is -0.497 e. The van der Waals surface area contributed by atoms with E-state index in [1.165, 1.54) is 0 Å². The topological polar surface area (TPSA) is 71.6 Å². The zero-order chi connectivity index (χ0) is 21.1. The summed E-state index contributed by atoms with van der Waals surface area (Å²) in [6, 6.07) is 14.8. The van der Waals surface area contributed by atoms with Crippen LogP contribution in [0, 0.1) is 6.92 Å². The maximum absolute atomic E-state index is 13.3. The molecule has 0 aliphatic carbocycles. The van der Waals surface area contributed by atoms with Crippen molar-refractivity contribution in [1.29, 1.82) is 0 Å². The second-order valence-corrected chi connectivity index (χ2v) is 7.71. The number of aryl methyl sites for hydroxylation is 1. The molecule has 4 rings (SSSR count). The lowest BCUT2D eigenvalue weighted by Gasteiger charge is -2.25. The van der Waals surface area contributed by atoms with Crippen LogP contribution in [0.5, 0.6) is 5.75 Å². The number of para-hydroxylation sites is 1. The number of hydrogen-bond acceptors (Lipinski definition) is 4. The van der Waals surface area contributed by atoms with Crippen molar-refractivity contribution in [2.24, 2.45) is 0 Å². The van der Waals surface area contributed by atoms with Crippen molar-refractivity contribution in [3.05, 3.63) is 75.6 Å². The van der Waals surface area contributed by atoms with Crippen molar-refractivity contribution in [3.8, 4) is 5.75 Å². The number of amides is 1. The zero-order valence-corrected chi connectivity index (χ0v) is 17.3. The van der Waals surface area contributed by atoms with Gasteiger partial charge in [-0.05, 0) is 61.0 Å². The van der Waals surface area contributed by atoms with E-state index in [1.807, 2.05) is 31.2 Å². The number of benzene rings is 2. The smallest absolute Gasteiger partial charge is 0.254 e. The Morgan fingerprint density at radius 3 is 2.73 bits per heavy atom. The fraction of sp³-hybridized carbons (Fsp3) is 0.333. The second-order valence-electron chi connectivity index (χ2n) is 7.71. The van der Waals surface area contributed by atoms with Gasteiger partial charge in [0.1, 0.15) is 5.75 Å². The number of ether oxygens (including phenoxy) is 2. The molecule has 156 valence electrons. The molecule has 3 aromatic rings. The van der Waals surface area contributed by atoms with Crippen LogP contribution in [0.15, 0.2) is 53.3 Å². The van der Waals surface area contributed by atoms with E-state index in [0.717, 1.165) is 29.3 Å². The quantitative estimate of drug-likeness (QED) is 0.678. The highest BCUT2D eigenvalue weighted by Gasteiger charge is 2.24. The Hall–Kier alpha value is -3.12. The maximum Gasteiger partial charge on any atom is 0.254 e. The Labute approximate surface area is 175 Å². The standard InChI is InChI=1S/C24H26N2O4/c1-16-5-3-6-18-13-19(23(27)25-22(16)18)14-26(15-21-7-4-12-30-21)24(28)17-8-10-20(29-2)11-9-17/h3,5-6,8-11,13,21H,4,7,12,14-15H2,1-2H3,(H,25,27)/t21-/m1/s1. The highest BCUT2D eigenvalue weighted by molar-refractivity contribution is 5.94. The molecule has 30 heavy (non-hydrogen) atoms. The predicted molar refractivity (Wildman–Crippen MR) is 116 cm³/mol. The van der Waals surface area contributed by atoms with Gasteiger partial charge in [-0.2, -0.15) is 0 Å². The Morgan fingerprint density at radius 1 is 1.23 bits per heavy atom. The number of nitrogens with one attached hydrogen (secondary N) is 1. The first-order valence-corrected chi connectivity index (χ1v) is 10.2. The number of aromatic nitrogens is 1. The van der Waals surface area contributed by atoms with Crippen LogP contribution >= 0.6 is 0 Å².